The molecule has 12 heteroatoms. The van der Waals surface area contributed by atoms with Gasteiger partial charge in [0.15, 0.2) is 5.69 Å². The largest absolute Gasteiger partial charge is 0.336 e. The first-order valence-corrected chi connectivity index (χ1v) is 11.1. The Morgan fingerprint density at radius 3 is 2.81 bits per heavy atom. The van der Waals surface area contributed by atoms with E-state index in [9.17, 15) is 19.2 Å². The van der Waals surface area contributed by atoms with Gasteiger partial charge < -0.3 is 9.80 Å². The van der Waals surface area contributed by atoms with Gasteiger partial charge in [-0.2, -0.15) is 5.26 Å². The van der Waals surface area contributed by atoms with Crippen LogP contribution in [0.5, 0.6) is 0 Å². The zero-order valence-corrected chi connectivity index (χ0v) is 19.2. The molecule has 1 N–H and O–H groups in total. The molecular formula is C24H20N8O4. The van der Waals surface area contributed by atoms with Crippen LogP contribution in [0.15, 0.2) is 42.7 Å². The molecule has 1 unspecified atom stereocenters. The summed E-state index contributed by atoms with van der Waals surface area (Å²) in [5.41, 5.74) is 2.92. The van der Waals surface area contributed by atoms with E-state index in [-0.39, 0.29) is 49.3 Å². The molecule has 2 aliphatic rings. The Morgan fingerprint density at radius 1 is 1.25 bits per heavy atom. The fourth-order valence-electron chi connectivity index (χ4n) is 4.30. The van der Waals surface area contributed by atoms with Crippen LogP contribution in [-0.4, -0.2) is 66.5 Å². The molecule has 180 valence electrons. The van der Waals surface area contributed by atoms with Crippen LogP contribution in [-0.2, 0) is 22.7 Å². The van der Waals surface area contributed by atoms with E-state index < -0.39 is 11.9 Å². The second kappa shape index (κ2) is 9.03. The number of fused-ring (bicyclic) bond motifs is 1. The number of benzene rings is 1. The van der Waals surface area contributed by atoms with Gasteiger partial charge in [-0.3, -0.25) is 24.5 Å². The van der Waals surface area contributed by atoms with Crippen molar-refractivity contribution >= 4 is 23.6 Å². The van der Waals surface area contributed by atoms with Gasteiger partial charge >= 0.3 is 0 Å². The molecule has 0 aliphatic carbocycles. The van der Waals surface area contributed by atoms with E-state index in [4.69, 9.17) is 5.26 Å². The lowest BCUT2D eigenvalue weighted by Gasteiger charge is -2.29. The summed E-state index contributed by atoms with van der Waals surface area (Å²) in [5.74, 6) is -1.45. The minimum absolute atomic E-state index is 0.121. The van der Waals surface area contributed by atoms with Crippen molar-refractivity contribution < 1.29 is 19.2 Å². The summed E-state index contributed by atoms with van der Waals surface area (Å²) < 4.78 is 1.41. The van der Waals surface area contributed by atoms with Crippen LogP contribution in [0.4, 0.5) is 0 Å². The highest BCUT2D eigenvalue weighted by Crippen LogP contribution is 2.29. The Morgan fingerprint density at radius 2 is 2.08 bits per heavy atom. The number of amides is 4. The van der Waals surface area contributed by atoms with Crippen LogP contribution < -0.4 is 5.32 Å². The number of piperidine rings is 1. The monoisotopic (exact) mass is 484 g/mol. The number of imide groups is 1. The van der Waals surface area contributed by atoms with Gasteiger partial charge in [0.2, 0.25) is 11.8 Å². The minimum Gasteiger partial charge on any atom is -0.336 e. The maximum absolute atomic E-state index is 13.1. The van der Waals surface area contributed by atoms with Gasteiger partial charge in [-0.1, -0.05) is 17.3 Å². The maximum atomic E-state index is 13.1. The zero-order chi connectivity index (χ0) is 25.4. The van der Waals surface area contributed by atoms with Crippen molar-refractivity contribution in [3.8, 4) is 11.8 Å². The molecule has 3 aromatic rings. The van der Waals surface area contributed by atoms with Crippen molar-refractivity contribution in [2.24, 2.45) is 0 Å². The molecule has 0 radical (unpaired) electrons. The first kappa shape index (κ1) is 22.9. The van der Waals surface area contributed by atoms with Gasteiger partial charge in [0.1, 0.15) is 17.8 Å². The smallest absolute Gasteiger partial charge is 0.276 e. The predicted molar refractivity (Wildman–Crippen MR) is 122 cm³/mol. The Labute approximate surface area is 205 Å². The molecule has 36 heavy (non-hydrogen) atoms. The maximum Gasteiger partial charge on any atom is 0.276 e. The number of pyridine rings is 1. The average Bonchev–Trinajstić information content (AvgIpc) is 3.49. The normalized spacial score (nSPS) is 16.9. The van der Waals surface area contributed by atoms with Crippen molar-refractivity contribution in [3.05, 3.63) is 70.8 Å². The number of hydrogen-bond donors (Lipinski definition) is 1. The predicted octanol–water partition coefficient (Wildman–Crippen LogP) is 0.567. The number of carbonyl (C=O) groups is 4. The van der Waals surface area contributed by atoms with Gasteiger partial charge in [0.25, 0.3) is 11.8 Å². The van der Waals surface area contributed by atoms with E-state index in [0.717, 1.165) is 11.1 Å². The third kappa shape index (κ3) is 4.18. The molecule has 0 spiro atoms. The summed E-state index contributed by atoms with van der Waals surface area (Å²) in [6.45, 7) is 0.546. The summed E-state index contributed by atoms with van der Waals surface area (Å²) >= 11 is 0. The van der Waals surface area contributed by atoms with E-state index in [2.05, 4.69) is 20.6 Å². The highest BCUT2D eigenvalue weighted by molar-refractivity contribution is 6.05. The number of rotatable bonds is 5. The van der Waals surface area contributed by atoms with Crippen LogP contribution in [0, 0.1) is 11.3 Å². The molecule has 1 saturated heterocycles. The van der Waals surface area contributed by atoms with E-state index in [1.54, 1.807) is 43.6 Å². The summed E-state index contributed by atoms with van der Waals surface area (Å²) in [6, 6.07) is 9.76. The third-order valence-corrected chi connectivity index (χ3v) is 6.19. The SMILES string of the molecule is CN(Cc1ccc(C#N)nc1)C(=O)c1cn(-c2ccc3c(c2)C(=O)N(C2CCC(=O)NC2=O)C3)nn1. The molecule has 5 rings (SSSR count). The highest BCUT2D eigenvalue weighted by atomic mass is 16.2. The Balaban J connectivity index is 1.30. The van der Waals surface area contributed by atoms with Crippen LogP contribution in [0.1, 0.15) is 50.5 Å². The first-order valence-electron chi connectivity index (χ1n) is 11.1. The number of nitrogens with one attached hydrogen (secondary N) is 1. The van der Waals surface area contributed by atoms with Crippen LogP contribution >= 0.6 is 0 Å². The minimum atomic E-state index is -0.691. The Kier molecular flexibility index (Phi) is 5.73. The van der Waals surface area contributed by atoms with E-state index in [1.165, 1.54) is 20.7 Å². The average molecular weight is 484 g/mol. The molecule has 12 nitrogen and oxygen atoms in total. The molecule has 0 saturated carbocycles. The molecule has 2 aromatic heterocycles. The number of aromatic nitrogens is 4. The van der Waals surface area contributed by atoms with E-state index >= 15 is 0 Å². The van der Waals surface area contributed by atoms with Gasteiger partial charge in [0.05, 0.1) is 11.9 Å². The number of hydrogen-bond acceptors (Lipinski definition) is 8. The van der Waals surface area contributed by atoms with Gasteiger partial charge in [-0.15, -0.1) is 5.10 Å². The molecule has 1 atom stereocenters. The second-order valence-electron chi connectivity index (χ2n) is 8.61. The van der Waals surface area contributed by atoms with Crippen LogP contribution in [0.2, 0.25) is 0 Å². The van der Waals surface area contributed by atoms with Crippen LogP contribution in [0.3, 0.4) is 0 Å². The summed E-state index contributed by atoms with van der Waals surface area (Å²) in [7, 11) is 1.62. The topological polar surface area (TPSA) is 154 Å². The fraction of sp³-hybridized carbons (Fsp3) is 0.250. The lowest BCUT2D eigenvalue weighted by atomic mass is 10.0. The fourth-order valence-corrected chi connectivity index (χ4v) is 4.30. The molecular weight excluding hydrogens is 464 g/mol. The summed E-state index contributed by atoms with van der Waals surface area (Å²) in [6.07, 6.45) is 3.50. The first-order chi connectivity index (χ1) is 17.3. The van der Waals surface area contributed by atoms with Gasteiger partial charge in [0, 0.05) is 38.3 Å². The summed E-state index contributed by atoms with van der Waals surface area (Å²) in [4.78, 5) is 56.5. The number of carbonyl (C=O) groups excluding carboxylic acids is 4. The third-order valence-electron chi connectivity index (χ3n) is 6.19. The molecule has 1 fully saturated rings. The molecule has 1 aromatic carbocycles. The van der Waals surface area contributed by atoms with Crippen molar-refractivity contribution in [1.82, 2.24) is 35.1 Å². The lowest BCUT2D eigenvalue weighted by Crippen LogP contribution is -2.52. The zero-order valence-electron chi connectivity index (χ0n) is 19.2. The van der Waals surface area contributed by atoms with Crippen molar-refractivity contribution in [2.75, 3.05) is 7.05 Å². The highest BCUT2D eigenvalue weighted by Gasteiger charge is 2.39. The van der Waals surface area contributed by atoms with Crippen LogP contribution in [0.25, 0.3) is 5.69 Å². The second-order valence-corrected chi connectivity index (χ2v) is 8.61. The number of nitriles is 1. The van der Waals surface area contributed by atoms with Gasteiger partial charge in [-0.25, -0.2) is 9.67 Å². The molecule has 4 heterocycles. The van der Waals surface area contributed by atoms with Gasteiger partial charge in [-0.05, 0) is 35.7 Å². The Hall–Kier alpha value is -4.92. The molecule has 4 amide bonds. The standard InChI is InChI=1S/C24H20N8O4/c1-30(11-14-2-4-16(9-25)26-10-14)24(36)19-13-32(29-28-19)17-5-3-15-12-31(23(35)18(15)8-17)20-6-7-21(33)27-22(20)34/h2-5,8,10,13,20H,6-7,11-12H2,1H3,(H,27,33,34). The molecule has 0 bridgehead atoms. The summed E-state index contributed by atoms with van der Waals surface area (Å²) in [5, 5.41) is 19.2. The van der Waals surface area contributed by atoms with E-state index in [1.807, 2.05) is 6.07 Å². The number of nitrogens with zero attached hydrogens (tertiary/aromatic N) is 7. The van der Waals surface area contributed by atoms with Crippen molar-refractivity contribution in [2.45, 2.75) is 32.0 Å². The Bertz CT molecular complexity index is 1440. The van der Waals surface area contributed by atoms with E-state index in [0.29, 0.717) is 16.9 Å². The lowest BCUT2D eigenvalue weighted by molar-refractivity contribution is -0.136. The quantitative estimate of drug-likeness (QED) is 0.516. The van der Waals surface area contributed by atoms with Crippen molar-refractivity contribution in [3.63, 3.8) is 0 Å². The molecule has 2 aliphatic heterocycles. The van der Waals surface area contributed by atoms with Crippen molar-refractivity contribution in [1.29, 1.82) is 5.26 Å².